The number of nitrogens with zero attached hydrogens (tertiary/aromatic N) is 6. The molecule has 3 N–H and O–H groups in total. The topological polar surface area (TPSA) is 94.1 Å². The van der Waals surface area contributed by atoms with Gasteiger partial charge in [-0.05, 0) is 0 Å². The summed E-state index contributed by atoms with van der Waals surface area (Å²) in [7, 11) is 0. The molecule has 2 fully saturated rings. The highest BCUT2D eigenvalue weighted by Gasteiger charge is 2.22. The Kier molecular flexibility index (Phi) is 6.63. The van der Waals surface area contributed by atoms with Crippen molar-refractivity contribution in [3.8, 4) is 0 Å². The number of piperazine rings is 2. The van der Waals surface area contributed by atoms with E-state index in [0.29, 0.717) is 21.7 Å². The van der Waals surface area contributed by atoms with Crippen molar-refractivity contribution in [1.29, 1.82) is 0 Å². The summed E-state index contributed by atoms with van der Waals surface area (Å²) in [5, 5.41) is 10.5. The molecule has 0 aromatic carbocycles. The Bertz CT molecular complexity index is 814. The van der Waals surface area contributed by atoms with Crippen LogP contribution in [0.3, 0.4) is 0 Å². The van der Waals surface area contributed by atoms with Gasteiger partial charge in [0.2, 0.25) is 11.9 Å². The van der Waals surface area contributed by atoms with Crippen LogP contribution in [0.15, 0.2) is 0 Å². The van der Waals surface area contributed by atoms with Crippen LogP contribution in [-0.4, -0.2) is 72.3 Å². The van der Waals surface area contributed by atoms with Crippen LogP contribution in [0.1, 0.15) is 0 Å². The van der Waals surface area contributed by atoms with E-state index in [0.717, 1.165) is 52.4 Å². The van der Waals surface area contributed by atoms with Gasteiger partial charge in [-0.2, -0.15) is 19.9 Å². The summed E-state index contributed by atoms with van der Waals surface area (Å²) in [6.45, 7) is 6.42. The fraction of sp³-hybridized carbons (Fsp3) is 0.500. The summed E-state index contributed by atoms with van der Waals surface area (Å²) >= 11 is 25.2. The quantitative estimate of drug-likeness (QED) is 0.572. The number of hydrogen-bond acceptors (Lipinski definition) is 9. The maximum atomic E-state index is 6.35. The van der Waals surface area contributed by atoms with Crippen LogP contribution in [0, 0.1) is 0 Å². The minimum absolute atomic E-state index is 0.153. The standard InChI is InChI=1S/C16H19Cl4N9/c17-9-11(19)23-15(25-13(9)28-5-1-21-2-6-28)27-16-24-12(20)10(18)14(26-16)29-7-3-22-4-8-29/h21-22H,1-8H2,(H,23,24,25,26,27). The maximum Gasteiger partial charge on any atom is 0.233 e. The van der Waals surface area contributed by atoms with Crippen LogP contribution in [0.4, 0.5) is 23.5 Å². The van der Waals surface area contributed by atoms with E-state index in [-0.39, 0.29) is 22.2 Å². The Morgan fingerprint density at radius 1 is 0.621 bits per heavy atom. The third kappa shape index (κ3) is 4.70. The van der Waals surface area contributed by atoms with Crippen LogP contribution in [0.25, 0.3) is 0 Å². The van der Waals surface area contributed by atoms with Crippen LogP contribution in [0.5, 0.6) is 0 Å². The van der Waals surface area contributed by atoms with Gasteiger partial charge in [0.1, 0.15) is 10.0 Å². The molecule has 2 aromatic rings. The van der Waals surface area contributed by atoms with Crippen LogP contribution in [-0.2, 0) is 0 Å². The molecule has 2 aromatic heterocycles. The van der Waals surface area contributed by atoms with Gasteiger partial charge in [-0.1, -0.05) is 46.4 Å². The number of aromatic nitrogens is 4. The number of hydrogen-bond donors (Lipinski definition) is 3. The normalized spacial score (nSPS) is 17.5. The van der Waals surface area contributed by atoms with Crippen molar-refractivity contribution in [1.82, 2.24) is 30.6 Å². The summed E-state index contributed by atoms with van der Waals surface area (Å²) in [6.07, 6.45) is 0. The van der Waals surface area contributed by atoms with E-state index in [9.17, 15) is 0 Å². The molecule has 0 unspecified atom stereocenters. The number of halogens is 4. The third-order valence-corrected chi connectivity index (χ3v) is 6.08. The minimum atomic E-state index is 0.153. The van der Waals surface area contributed by atoms with E-state index in [4.69, 9.17) is 46.4 Å². The van der Waals surface area contributed by atoms with Crippen molar-refractivity contribution in [3.05, 3.63) is 20.4 Å². The molecule has 0 saturated carbocycles. The molecule has 0 amide bonds. The van der Waals surface area contributed by atoms with Gasteiger partial charge < -0.3 is 20.4 Å². The molecular weight excluding hydrogens is 460 g/mol. The molecule has 29 heavy (non-hydrogen) atoms. The Morgan fingerprint density at radius 3 is 1.38 bits per heavy atom. The van der Waals surface area contributed by atoms with Crippen LogP contribution in [0.2, 0.25) is 20.4 Å². The van der Waals surface area contributed by atoms with Crippen molar-refractivity contribution in [2.75, 3.05) is 67.5 Å². The van der Waals surface area contributed by atoms with Crippen LogP contribution < -0.4 is 25.8 Å². The number of nitrogens with one attached hydrogen (secondary N) is 3. The summed E-state index contributed by atoms with van der Waals surface area (Å²) < 4.78 is 0. The second-order valence-corrected chi connectivity index (χ2v) is 8.02. The summed E-state index contributed by atoms with van der Waals surface area (Å²) in [4.78, 5) is 21.6. The molecular formula is C16H19Cl4N9. The smallest absolute Gasteiger partial charge is 0.233 e. The zero-order valence-corrected chi connectivity index (χ0v) is 18.4. The zero-order valence-electron chi connectivity index (χ0n) is 15.4. The van der Waals surface area contributed by atoms with Gasteiger partial charge in [0.15, 0.2) is 21.9 Å². The molecule has 0 atom stereocenters. The van der Waals surface area contributed by atoms with Gasteiger partial charge in [0.05, 0.1) is 0 Å². The van der Waals surface area contributed by atoms with Crippen molar-refractivity contribution in [3.63, 3.8) is 0 Å². The summed E-state index contributed by atoms with van der Waals surface area (Å²) in [6, 6.07) is 0. The van der Waals surface area contributed by atoms with E-state index in [1.807, 2.05) is 0 Å². The van der Waals surface area contributed by atoms with E-state index >= 15 is 0 Å². The molecule has 0 spiro atoms. The van der Waals surface area contributed by atoms with Gasteiger partial charge in [0.25, 0.3) is 0 Å². The second kappa shape index (κ2) is 9.20. The Balaban J connectivity index is 1.63. The van der Waals surface area contributed by atoms with Gasteiger partial charge in [-0.15, -0.1) is 0 Å². The Labute approximate surface area is 188 Å². The fourth-order valence-corrected chi connectivity index (χ4v) is 3.94. The summed E-state index contributed by atoms with van der Waals surface area (Å²) in [5.74, 6) is 1.60. The van der Waals surface area contributed by atoms with Crippen molar-refractivity contribution in [2.45, 2.75) is 0 Å². The first kappa shape index (κ1) is 20.9. The highest BCUT2D eigenvalue weighted by Crippen LogP contribution is 2.34. The molecule has 0 radical (unpaired) electrons. The van der Waals surface area contributed by atoms with E-state index in [1.54, 1.807) is 0 Å². The zero-order chi connectivity index (χ0) is 20.4. The largest absolute Gasteiger partial charge is 0.353 e. The minimum Gasteiger partial charge on any atom is -0.353 e. The van der Waals surface area contributed by atoms with Gasteiger partial charge in [0, 0.05) is 52.4 Å². The van der Waals surface area contributed by atoms with Crippen molar-refractivity contribution >= 4 is 69.9 Å². The first-order chi connectivity index (χ1) is 14.0. The molecule has 4 rings (SSSR count). The lowest BCUT2D eigenvalue weighted by Crippen LogP contribution is -2.44. The lowest BCUT2D eigenvalue weighted by Gasteiger charge is -2.29. The van der Waals surface area contributed by atoms with Crippen molar-refractivity contribution < 1.29 is 0 Å². The second-order valence-electron chi connectivity index (χ2n) is 6.55. The van der Waals surface area contributed by atoms with Crippen molar-refractivity contribution in [2.24, 2.45) is 0 Å². The lowest BCUT2D eigenvalue weighted by atomic mass is 10.3. The predicted molar refractivity (Wildman–Crippen MR) is 118 cm³/mol. The number of rotatable bonds is 4. The van der Waals surface area contributed by atoms with Gasteiger partial charge >= 0.3 is 0 Å². The predicted octanol–water partition coefficient (Wildman–Crippen LogP) is 2.44. The highest BCUT2D eigenvalue weighted by atomic mass is 35.5. The number of anilines is 4. The fourth-order valence-electron chi connectivity index (χ4n) is 3.20. The molecule has 2 aliphatic heterocycles. The van der Waals surface area contributed by atoms with Crippen LogP contribution >= 0.6 is 46.4 Å². The first-order valence-electron chi connectivity index (χ1n) is 9.17. The summed E-state index contributed by atoms with van der Waals surface area (Å²) in [5.41, 5.74) is 0. The molecule has 156 valence electrons. The molecule has 2 saturated heterocycles. The van der Waals surface area contributed by atoms with E-state index in [2.05, 4.69) is 45.7 Å². The third-order valence-electron chi connectivity index (χ3n) is 4.64. The molecule has 0 bridgehead atoms. The highest BCUT2D eigenvalue weighted by molar-refractivity contribution is 6.43. The molecule has 13 heteroatoms. The van der Waals surface area contributed by atoms with E-state index < -0.39 is 0 Å². The monoisotopic (exact) mass is 477 g/mol. The average molecular weight is 479 g/mol. The Morgan fingerprint density at radius 2 is 1.00 bits per heavy atom. The molecule has 9 nitrogen and oxygen atoms in total. The first-order valence-corrected chi connectivity index (χ1v) is 10.7. The lowest BCUT2D eigenvalue weighted by molar-refractivity contribution is 0.584. The molecule has 4 heterocycles. The SMILES string of the molecule is Clc1nc(Nc2nc(Cl)c(Cl)c(N3CCNCC3)n2)nc(N2CCNCC2)c1Cl. The average Bonchev–Trinajstić information content (AvgIpc) is 2.74. The molecule has 0 aliphatic carbocycles. The van der Waals surface area contributed by atoms with Gasteiger partial charge in [-0.3, -0.25) is 5.32 Å². The van der Waals surface area contributed by atoms with Gasteiger partial charge in [-0.25, -0.2) is 0 Å². The molecule has 2 aliphatic rings. The Hall–Kier alpha value is -1.36. The maximum absolute atomic E-state index is 6.35. The van der Waals surface area contributed by atoms with E-state index in [1.165, 1.54) is 0 Å².